The Balaban J connectivity index is 1.77. The number of rotatable bonds is 54. The van der Waals surface area contributed by atoms with Crippen molar-refractivity contribution >= 4 is 11.9 Å². The van der Waals surface area contributed by atoms with E-state index in [4.69, 9.17) is 76.2 Å². The first kappa shape index (κ1) is 61.6. The first-order valence-electron chi connectivity index (χ1n) is 24.3. The lowest BCUT2D eigenvalue weighted by Crippen LogP contribution is -2.17. The number of ether oxygens (including phenoxy) is 15. The highest BCUT2D eigenvalue weighted by molar-refractivity contribution is 6.03. The molecule has 1 N–H and O–H groups in total. The predicted octanol–water partition coefficient (Wildman–Crippen LogP) is 5.13. The van der Waals surface area contributed by atoms with Crippen LogP contribution in [0.2, 0.25) is 0 Å². The van der Waals surface area contributed by atoms with Crippen LogP contribution >= 0.6 is 0 Å². The van der Waals surface area contributed by atoms with E-state index in [-0.39, 0.29) is 30.9 Å². The molecule has 18 heteroatoms. The number of esters is 2. The molecule has 0 heterocycles. The van der Waals surface area contributed by atoms with Gasteiger partial charge in [0.2, 0.25) is 0 Å². The van der Waals surface area contributed by atoms with E-state index in [1.807, 2.05) is 0 Å². The van der Waals surface area contributed by atoms with E-state index in [0.29, 0.717) is 172 Å². The number of hydrogen-bond acceptors (Lipinski definition) is 18. The van der Waals surface area contributed by atoms with Gasteiger partial charge in [-0.15, -0.1) is 0 Å². The van der Waals surface area contributed by atoms with Crippen molar-refractivity contribution in [2.24, 2.45) is 0 Å². The molecular formula is C48H86O18. The standard InChI is InChI=1S/C48H86O18/c1-2-3-4-5-6-7-8-9-10-13-17-65-47(50)45-14-11-12-15-46(45)48(51)66-44-43-64-42-41-63-40-39-62-38-37-61-36-35-60-34-33-59-32-31-58-30-29-57-28-27-56-26-25-55-24-23-54-22-21-53-20-19-52-18-16-49/h11-12,14-15,49H,2-10,13,16-44H2,1H3. The molecule has 0 saturated heterocycles. The first-order valence-corrected chi connectivity index (χ1v) is 24.3. The van der Waals surface area contributed by atoms with Gasteiger partial charge in [0.15, 0.2) is 0 Å². The molecule has 0 spiro atoms. The van der Waals surface area contributed by atoms with Crippen molar-refractivity contribution in [3.05, 3.63) is 35.4 Å². The van der Waals surface area contributed by atoms with Crippen LogP contribution in [-0.2, 0) is 71.1 Å². The Labute approximate surface area is 395 Å². The summed E-state index contributed by atoms with van der Waals surface area (Å²) < 4.78 is 81.6. The Morgan fingerprint density at radius 1 is 0.318 bits per heavy atom. The number of carbonyl (C=O) groups excluding carboxylic acids is 2. The summed E-state index contributed by atoms with van der Waals surface area (Å²) >= 11 is 0. The fraction of sp³-hybridized carbons (Fsp3) is 0.833. The Kier molecular flexibility index (Phi) is 48.5. The number of hydrogen-bond donors (Lipinski definition) is 1. The van der Waals surface area contributed by atoms with Crippen LogP contribution in [0.25, 0.3) is 0 Å². The van der Waals surface area contributed by atoms with Gasteiger partial charge in [-0.1, -0.05) is 76.8 Å². The zero-order valence-electron chi connectivity index (χ0n) is 40.3. The van der Waals surface area contributed by atoms with E-state index in [1.165, 1.54) is 44.9 Å². The van der Waals surface area contributed by atoms with Crippen molar-refractivity contribution in [3.8, 4) is 0 Å². The van der Waals surface area contributed by atoms with Crippen LogP contribution in [0.5, 0.6) is 0 Å². The highest BCUT2D eigenvalue weighted by Crippen LogP contribution is 2.14. The van der Waals surface area contributed by atoms with Gasteiger partial charge in [-0.05, 0) is 18.6 Å². The van der Waals surface area contributed by atoms with E-state index in [2.05, 4.69) is 6.92 Å². The van der Waals surface area contributed by atoms with Crippen molar-refractivity contribution in [1.82, 2.24) is 0 Å². The fourth-order valence-corrected chi connectivity index (χ4v) is 5.75. The SMILES string of the molecule is CCCCCCCCCCCCOC(=O)c1ccccc1C(=O)OCCOCCOCCOCCOCCOCCOCCOCCOCCOCCOCCOCCOCCOCCO. The second-order valence-electron chi connectivity index (χ2n) is 14.7. The second-order valence-corrected chi connectivity index (χ2v) is 14.7. The van der Waals surface area contributed by atoms with Crippen LogP contribution < -0.4 is 0 Å². The van der Waals surface area contributed by atoms with Gasteiger partial charge in [-0.3, -0.25) is 0 Å². The monoisotopic (exact) mass is 951 g/mol. The molecule has 0 saturated carbocycles. The van der Waals surface area contributed by atoms with Crippen molar-refractivity contribution < 1.29 is 85.7 Å². The van der Waals surface area contributed by atoms with Crippen LogP contribution in [0.15, 0.2) is 24.3 Å². The average molecular weight is 951 g/mol. The zero-order valence-corrected chi connectivity index (χ0v) is 40.3. The van der Waals surface area contributed by atoms with Crippen molar-refractivity contribution in [2.75, 3.05) is 192 Å². The van der Waals surface area contributed by atoms with Gasteiger partial charge in [-0.2, -0.15) is 0 Å². The molecule has 0 aliphatic rings. The lowest BCUT2D eigenvalue weighted by atomic mass is 10.1. The molecule has 18 nitrogen and oxygen atoms in total. The lowest BCUT2D eigenvalue weighted by molar-refractivity contribution is -0.0295. The van der Waals surface area contributed by atoms with E-state index < -0.39 is 11.9 Å². The third kappa shape index (κ3) is 42.9. The maximum absolute atomic E-state index is 12.7. The second kappa shape index (κ2) is 52.0. The molecule has 0 bridgehead atoms. The molecule has 0 unspecified atom stereocenters. The summed E-state index contributed by atoms with van der Waals surface area (Å²) in [6.07, 6.45) is 12.0. The van der Waals surface area contributed by atoms with Gasteiger partial charge >= 0.3 is 11.9 Å². The molecule has 386 valence electrons. The van der Waals surface area contributed by atoms with Gasteiger partial charge in [0.05, 0.1) is 196 Å². The molecule has 0 amide bonds. The van der Waals surface area contributed by atoms with Gasteiger partial charge in [0.1, 0.15) is 6.61 Å². The molecular weight excluding hydrogens is 865 g/mol. The molecule has 1 aromatic rings. The summed E-state index contributed by atoms with van der Waals surface area (Å²) in [6.45, 7) is 14.3. The minimum Gasteiger partial charge on any atom is -0.462 e. The molecule has 0 fully saturated rings. The van der Waals surface area contributed by atoms with Crippen LogP contribution in [-0.4, -0.2) is 209 Å². The highest BCUT2D eigenvalue weighted by atomic mass is 16.6. The minimum atomic E-state index is -0.590. The van der Waals surface area contributed by atoms with Crippen LogP contribution in [0.3, 0.4) is 0 Å². The number of carbonyl (C=O) groups is 2. The summed E-state index contributed by atoms with van der Waals surface area (Å²) in [4.78, 5) is 25.3. The van der Waals surface area contributed by atoms with E-state index in [0.717, 1.165) is 19.3 Å². The maximum Gasteiger partial charge on any atom is 0.339 e. The van der Waals surface area contributed by atoms with Gasteiger partial charge in [0, 0.05) is 0 Å². The Hall–Kier alpha value is -2.40. The highest BCUT2D eigenvalue weighted by Gasteiger charge is 2.19. The van der Waals surface area contributed by atoms with Crippen molar-refractivity contribution in [1.29, 1.82) is 0 Å². The normalized spacial score (nSPS) is 11.4. The molecule has 0 atom stereocenters. The van der Waals surface area contributed by atoms with E-state index >= 15 is 0 Å². The zero-order chi connectivity index (χ0) is 47.3. The fourth-order valence-electron chi connectivity index (χ4n) is 5.75. The van der Waals surface area contributed by atoms with Gasteiger partial charge < -0.3 is 76.2 Å². The van der Waals surface area contributed by atoms with Gasteiger partial charge in [-0.25, -0.2) is 9.59 Å². The maximum atomic E-state index is 12.7. The smallest absolute Gasteiger partial charge is 0.339 e. The summed E-state index contributed by atoms with van der Waals surface area (Å²) in [5.74, 6) is -1.10. The molecule has 0 aliphatic heterocycles. The summed E-state index contributed by atoms with van der Waals surface area (Å²) in [6, 6.07) is 6.54. The molecule has 0 aromatic heterocycles. The number of aliphatic hydroxyl groups excluding tert-OH is 1. The lowest BCUT2D eigenvalue weighted by Gasteiger charge is -2.10. The number of aliphatic hydroxyl groups is 1. The summed E-state index contributed by atoms with van der Waals surface area (Å²) in [5.41, 5.74) is 0.389. The quantitative estimate of drug-likeness (QED) is 0.0667. The molecule has 66 heavy (non-hydrogen) atoms. The van der Waals surface area contributed by atoms with Crippen LogP contribution in [0.4, 0.5) is 0 Å². The first-order chi connectivity index (χ1) is 32.7. The topological polar surface area (TPSA) is 193 Å². The van der Waals surface area contributed by atoms with E-state index in [9.17, 15) is 9.59 Å². The largest absolute Gasteiger partial charge is 0.462 e. The Morgan fingerprint density at radius 3 is 0.818 bits per heavy atom. The van der Waals surface area contributed by atoms with E-state index in [1.54, 1.807) is 24.3 Å². The van der Waals surface area contributed by atoms with Crippen LogP contribution in [0.1, 0.15) is 91.8 Å². The van der Waals surface area contributed by atoms with Crippen molar-refractivity contribution in [2.45, 2.75) is 71.1 Å². The molecule has 1 aromatic carbocycles. The Morgan fingerprint density at radius 2 is 0.545 bits per heavy atom. The van der Waals surface area contributed by atoms with Crippen molar-refractivity contribution in [3.63, 3.8) is 0 Å². The number of benzene rings is 1. The third-order valence-corrected chi connectivity index (χ3v) is 9.26. The molecule has 0 aliphatic carbocycles. The average Bonchev–Trinajstić information content (AvgIpc) is 3.33. The summed E-state index contributed by atoms with van der Waals surface area (Å²) in [7, 11) is 0. The van der Waals surface area contributed by atoms with Crippen LogP contribution in [0, 0.1) is 0 Å². The number of unbranched alkanes of at least 4 members (excludes halogenated alkanes) is 9. The third-order valence-electron chi connectivity index (χ3n) is 9.26. The minimum absolute atomic E-state index is 0.0171. The Bertz CT molecular complexity index is 1160. The predicted molar refractivity (Wildman–Crippen MR) is 247 cm³/mol. The molecule has 1 rings (SSSR count). The van der Waals surface area contributed by atoms with Gasteiger partial charge in [0.25, 0.3) is 0 Å². The molecule has 0 radical (unpaired) electrons. The summed E-state index contributed by atoms with van der Waals surface area (Å²) in [5, 5.41) is 8.60.